The smallest absolute Gasteiger partial charge is 0.271 e. The number of anilines is 1. The molecule has 2 aromatic carbocycles. The van der Waals surface area contributed by atoms with Gasteiger partial charge in [0, 0.05) is 27.0 Å². The molecule has 0 fully saturated rings. The van der Waals surface area contributed by atoms with Crippen molar-refractivity contribution in [1.82, 2.24) is 5.43 Å². The van der Waals surface area contributed by atoms with E-state index in [1.165, 1.54) is 20.3 Å². The fraction of sp³-hybridized carbons (Fsp3) is 0.211. The number of carbonyl (C=O) groups is 2. The number of hydrogen-bond acceptors (Lipinski definition) is 5. The molecule has 2 rings (SSSR count). The number of halogens is 2. The minimum Gasteiger partial charge on any atom is -0.493 e. The van der Waals surface area contributed by atoms with Gasteiger partial charge in [0.05, 0.1) is 20.6 Å². The van der Waals surface area contributed by atoms with Crippen LogP contribution in [0.4, 0.5) is 5.69 Å². The SMILES string of the molecule is COc1ccc(C(=O)N/N=C(\C)CC(=O)Nc2cc(Cl)cc(Cl)c2)cc1OC. The molecule has 148 valence electrons. The summed E-state index contributed by atoms with van der Waals surface area (Å²) in [6, 6.07) is 9.46. The van der Waals surface area contributed by atoms with Gasteiger partial charge in [-0.3, -0.25) is 9.59 Å². The zero-order valence-electron chi connectivity index (χ0n) is 15.5. The zero-order chi connectivity index (χ0) is 20.7. The maximum Gasteiger partial charge on any atom is 0.271 e. The number of amides is 2. The molecule has 2 aromatic rings. The molecule has 7 nitrogen and oxygen atoms in total. The van der Waals surface area contributed by atoms with Crippen molar-refractivity contribution >= 4 is 46.4 Å². The minimum atomic E-state index is -0.442. The number of rotatable bonds is 7. The number of methoxy groups -OCH3 is 2. The number of benzene rings is 2. The van der Waals surface area contributed by atoms with E-state index < -0.39 is 5.91 Å². The van der Waals surface area contributed by atoms with E-state index in [0.29, 0.717) is 38.5 Å². The normalized spacial score (nSPS) is 11.0. The van der Waals surface area contributed by atoms with E-state index in [9.17, 15) is 9.59 Å². The Morgan fingerprint density at radius 1 is 1.00 bits per heavy atom. The zero-order valence-corrected chi connectivity index (χ0v) is 17.0. The van der Waals surface area contributed by atoms with Crippen molar-refractivity contribution in [2.45, 2.75) is 13.3 Å². The molecule has 0 aromatic heterocycles. The lowest BCUT2D eigenvalue weighted by molar-refractivity contribution is -0.115. The van der Waals surface area contributed by atoms with Crippen LogP contribution in [0.2, 0.25) is 10.0 Å². The topological polar surface area (TPSA) is 89.0 Å². The quantitative estimate of drug-likeness (QED) is 0.517. The van der Waals surface area contributed by atoms with Gasteiger partial charge in [0.15, 0.2) is 11.5 Å². The third-order valence-corrected chi connectivity index (χ3v) is 3.99. The number of ether oxygens (including phenoxy) is 2. The van der Waals surface area contributed by atoms with Crippen molar-refractivity contribution in [2.24, 2.45) is 5.10 Å². The lowest BCUT2D eigenvalue weighted by atomic mass is 10.2. The third kappa shape index (κ3) is 6.14. The average Bonchev–Trinajstić information content (AvgIpc) is 2.64. The van der Waals surface area contributed by atoms with Gasteiger partial charge in [-0.2, -0.15) is 5.10 Å². The molecule has 28 heavy (non-hydrogen) atoms. The predicted octanol–water partition coefficient (Wildman–Crippen LogP) is 4.15. The maximum atomic E-state index is 12.2. The molecule has 2 N–H and O–H groups in total. The maximum absolute atomic E-state index is 12.2. The summed E-state index contributed by atoms with van der Waals surface area (Å²) in [6.07, 6.45) is -0.0175. The van der Waals surface area contributed by atoms with E-state index in [2.05, 4.69) is 15.8 Å². The van der Waals surface area contributed by atoms with Gasteiger partial charge in [-0.15, -0.1) is 0 Å². The van der Waals surface area contributed by atoms with E-state index in [-0.39, 0.29) is 12.3 Å². The lowest BCUT2D eigenvalue weighted by Gasteiger charge is -2.09. The van der Waals surface area contributed by atoms with Gasteiger partial charge >= 0.3 is 0 Å². The van der Waals surface area contributed by atoms with Crippen molar-refractivity contribution in [3.05, 3.63) is 52.0 Å². The Hall–Kier alpha value is -2.77. The Kier molecular flexibility index (Phi) is 7.66. The summed E-state index contributed by atoms with van der Waals surface area (Å²) < 4.78 is 10.3. The summed E-state index contributed by atoms with van der Waals surface area (Å²) in [4.78, 5) is 24.3. The highest BCUT2D eigenvalue weighted by atomic mass is 35.5. The summed E-state index contributed by atoms with van der Waals surface area (Å²) >= 11 is 11.8. The van der Waals surface area contributed by atoms with Crippen LogP contribution in [-0.2, 0) is 4.79 Å². The number of nitrogens with zero attached hydrogens (tertiary/aromatic N) is 1. The molecule has 0 saturated heterocycles. The predicted molar refractivity (Wildman–Crippen MR) is 110 cm³/mol. The molecule has 2 amide bonds. The van der Waals surface area contributed by atoms with Gasteiger partial charge in [-0.1, -0.05) is 23.2 Å². The first kappa shape index (κ1) is 21.5. The molecule has 0 bridgehead atoms. The molecule has 0 aliphatic rings. The number of nitrogens with one attached hydrogen (secondary N) is 2. The highest BCUT2D eigenvalue weighted by Crippen LogP contribution is 2.27. The van der Waals surface area contributed by atoms with Gasteiger partial charge in [-0.25, -0.2) is 5.43 Å². The molecule has 0 unspecified atom stereocenters. The van der Waals surface area contributed by atoms with Crippen LogP contribution < -0.4 is 20.2 Å². The van der Waals surface area contributed by atoms with E-state index in [0.717, 1.165) is 0 Å². The number of carbonyl (C=O) groups excluding carboxylic acids is 2. The Labute approximate surface area is 172 Å². The molecule has 0 aliphatic carbocycles. The van der Waals surface area contributed by atoms with Crippen LogP contribution in [0.1, 0.15) is 23.7 Å². The van der Waals surface area contributed by atoms with Gasteiger partial charge in [0.2, 0.25) is 5.91 Å². The Balaban J connectivity index is 1.96. The van der Waals surface area contributed by atoms with Crippen LogP contribution in [0, 0.1) is 0 Å². The van der Waals surface area contributed by atoms with Crippen LogP contribution >= 0.6 is 23.2 Å². The summed E-state index contributed by atoms with van der Waals surface area (Å²) in [5, 5.41) is 7.44. The fourth-order valence-electron chi connectivity index (χ4n) is 2.29. The second kappa shape index (κ2) is 9.96. The minimum absolute atomic E-state index is 0.0175. The molecule has 0 spiro atoms. The van der Waals surface area contributed by atoms with E-state index in [4.69, 9.17) is 32.7 Å². The Morgan fingerprint density at radius 2 is 1.64 bits per heavy atom. The average molecular weight is 424 g/mol. The molecule has 0 aliphatic heterocycles. The molecule has 0 saturated carbocycles. The number of hydrogen-bond donors (Lipinski definition) is 2. The summed E-state index contributed by atoms with van der Waals surface area (Å²) in [5.41, 5.74) is 3.64. The van der Waals surface area contributed by atoms with Crippen molar-refractivity contribution in [3.8, 4) is 11.5 Å². The van der Waals surface area contributed by atoms with Crippen LogP contribution in [0.3, 0.4) is 0 Å². The first-order chi connectivity index (χ1) is 13.3. The summed E-state index contributed by atoms with van der Waals surface area (Å²) in [7, 11) is 2.99. The van der Waals surface area contributed by atoms with Gasteiger partial charge in [-0.05, 0) is 43.3 Å². The fourth-order valence-corrected chi connectivity index (χ4v) is 2.82. The Morgan fingerprint density at radius 3 is 2.25 bits per heavy atom. The monoisotopic (exact) mass is 423 g/mol. The second-order valence-corrected chi connectivity index (χ2v) is 6.61. The van der Waals surface area contributed by atoms with Crippen LogP contribution in [0.15, 0.2) is 41.5 Å². The van der Waals surface area contributed by atoms with E-state index in [1.54, 1.807) is 37.3 Å². The van der Waals surface area contributed by atoms with Crippen LogP contribution in [0.5, 0.6) is 11.5 Å². The molecule has 0 heterocycles. The van der Waals surface area contributed by atoms with Gasteiger partial charge in [0.25, 0.3) is 5.91 Å². The molecule has 0 atom stereocenters. The van der Waals surface area contributed by atoms with Crippen molar-refractivity contribution in [1.29, 1.82) is 0 Å². The van der Waals surface area contributed by atoms with Crippen molar-refractivity contribution < 1.29 is 19.1 Å². The van der Waals surface area contributed by atoms with Crippen LogP contribution in [-0.4, -0.2) is 31.7 Å². The highest BCUT2D eigenvalue weighted by Gasteiger charge is 2.11. The summed E-state index contributed by atoms with van der Waals surface area (Å²) in [5.74, 6) is 0.175. The first-order valence-electron chi connectivity index (χ1n) is 8.14. The third-order valence-electron chi connectivity index (χ3n) is 3.56. The van der Waals surface area contributed by atoms with Crippen LogP contribution in [0.25, 0.3) is 0 Å². The standard InChI is InChI=1S/C19H19Cl2N3O4/c1-11(6-18(25)22-15-9-13(20)8-14(21)10-15)23-24-19(26)12-4-5-16(27-2)17(7-12)28-3/h4-5,7-10H,6H2,1-3H3,(H,22,25)(H,24,26)/b23-11+. The van der Waals surface area contributed by atoms with Crippen molar-refractivity contribution in [2.75, 3.05) is 19.5 Å². The second-order valence-electron chi connectivity index (χ2n) is 5.74. The van der Waals surface area contributed by atoms with Gasteiger partial charge < -0.3 is 14.8 Å². The number of hydrazone groups is 1. The molecular weight excluding hydrogens is 405 g/mol. The van der Waals surface area contributed by atoms with Crippen molar-refractivity contribution in [3.63, 3.8) is 0 Å². The first-order valence-corrected chi connectivity index (χ1v) is 8.89. The summed E-state index contributed by atoms with van der Waals surface area (Å²) in [6.45, 7) is 1.62. The molecule has 0 radical (unpaired) electrons. The van der Waals surface area contributed by atoms with E-state index in [1.807, 2.05) is 0 Å². The van der Waals surface area contributed by atoms with E-state index >= 15 is 0 Å². The largest absolute Gasteiger partial charge is 0.493 e. The molecular formula is C19H19Cl2N3O4. The lowest BCUT2D eigenvalue weighted by Crippen LogP contribution is -2.21. The molecule has 9 heteroatoms. The highest BCUT2D eigenvalue weighted by molar-refractivity contribution is 6.35. The van der Waals surface area contributed by atoms with Gasteiger partial charge in [0.1, 0.15) is 0 Å². The Bertz CT molecular complexity index is 896.